The third-order valence-corrected chi connectivity index (χ3v) is 1.62. The van der Waals surface area contributed by atoms with Crippen LogP contribution in [0.4, 0.5) is 0 Å². The van der Waals surface area contributed by atoms with Crippen molar-refractivity contribution in [1.29, 1.82) is 0 Å². The molecule has 0 aliphatic rings. The Hall–Kier alpha value is -1.11. The third-order valence-electron chi connectivity index (χ3n) is 1.62. The molecule has 2 aromatic rings. The van der Waals surface area contributed by atoms with E-state index in [2.05, 4.69) is 0 Å². The van der Waals surface area contributed by atoms with E-state index in [1.807, 2.05) is 54.6 Å². The Balaban J connectivity index is 0.000000246. The van der Waals surface area contributed by atoms with E-state index < -0.39 is 0 Å². The molecule has 1 nitrogen and oxygen atoms in total. The molecule has 0 radical (unpaired) electrons. The van der Waals surface area contributed by atoms with Gasteiger partial charge in [-0.2, -0.15) is 30.3 Å². The molecule has 2 heteroatoms. The fourth-order valence-electron chi connectivity index (χ4n) is 0.929. The smallest absolute Gasteiger partial charge is 0.105 e. The second-order valence-electron chi connectivity index (χ2n) is 2.69. The largest absolute Gasteiger partial charge is 0.309 e. The van der Waals surface area contributed by atoms with Gasteiger partial charge in [-0.1, -0.05) is 5.56 Å². The average Bonchev–Trinajstić information content (AvgIpc) is 2.82. The number of carbonyl (C=O) groups excluding carboxylic acids is 1. The summed E-state index contributed by atoms with van der Waals surface area (Å²) in [5.41, 5.74) is 0.796. The van der Waals surface area contributed by atoms with Gasteiger partial charge in [0.1, 0.15) is 5.78 Å². The van der Waals surface area contributed by atoms with Crippen molar-refractivity contribution >= 4 is 5.78 Å². The van der Waals surface area contributed by atoms with Crippen LogP contribution >= 0.6 is 0 Å². The van der Waals surface area contributed by atoms with Gasteiger partial charge in [-0.15, -0.1) is 0 Å². The summed E-state index contributed by atoms with van der Waals surface area (Å²) in [5.74, 6) is 0.134. The quantitative estimate of drug-likeness (QED) is 0.416. The van der Waals surface area contributed by atoms with Crippen LogP contribution in [-0.4, -0.2) is 5.78 Å². The normalized spacial score (nSPS) is 8.07. The van der Waals surface area contributed by atoms with Crippen LogP contribution in [0.5, 0.6) is 0 Å². The Morgan fingerprint density at radius 1 is 1.07 bits per heavy atom. The van der Waals surface area contributed by atoms with Gasteiger partial charge in [0.15, 0.2) is 0 Å². The number of rotatable bonds is 1. The zero-order valence-electron chi connectivity index (χ0n) is 7.96. The maximum absolute atomic E-state index is 10.5. The molecule has 0 bridgehead atoms. The second kappa shape index (κ2) is 7.31. The van der Waals surface area contributed by atoms with Crippen LogP contribution in [0.3, 0.4) is 0 Å². The summed E-state index contributed by atoms with van der Waals surface area (Å²) >= 11 is 0. The van der Waals surface area contributed by atoms with Crippen LogP contribution in [0.1, 0.15) is 17.3 Å². The number of hydrogen-bond donors (Lipinski definition) is 0. The van der Waals surface area contributed by atoms with E-state index in [-0.39, 0.29) is 22.9 Å². The molecule has 0 fully saturated rings. The van der Waals surface area contributed by atoms with Gasteiger partial charge >= 0.3 is 0 Å². The van der Waals surface area contributed by atoms with Gasteiger partial charge < -0.3 is 4.79 Å². The van der Waals surface area contributed by atoms with Gasteiger partial charge in [0.2, 0.25) is 0 Å². The molecular weight excluding hydrogens is 216 g/mol. The molecule has 0 aliphatic heterocycles. The molecule has 0 saturated carbocycles. The standard InChI is InChI=1S/C7H7O.C5H5.Fe/c1-6(8)7-4-2-3-5-7;1-2-4-5-3-1;/h2-5H,1H3;1-5H;/q2*-1;. The summed E-state index contributed by atoms with van der Waals surface area (Å²) < 4.78 is 0. The molecular formula is C12H12FeO-2. The van der Waals surface area contributed by atoms with Crippen LogP contribution in [-0.2, 0) is 17.1 Å². The Morgan fingerprint density at radius 3 is 1.79 bits per heavy atom. The first-order valence-corrected chi connectivity index (χ1v) is 4.20. The SMILES string of the molecule is CC(=O)[c-]1cccc1.[Fe].c1cc[cH-]c1. The monoisotopic (exact) mass is 228 g/mol. The Bertz CT molecular complexity index is 302. The van der Waals surface area contributed by atoms with Crippen LogP contribution in [0.25, 0.3) is 0 Å². The molecule has 0 unspecified atom stereocenters. The van der Waals surface area contributed by atoms with E-state index in [9.17, 15) is 4.79 Å². The minimum Gasteiger partial charge on any atom is -0.309 e. The maximum Gasteiger partial charge on any atom is 0.105 e. The Morgan fingerprint density at radius 2 is 1.57 bits per heavy atom. The minimum absolute atomic E-state index is 0. The zero-order chi connectivity index (χ0) is 9.52. The molecule has 0 N–H and O–H groups in total. The van der Waals surface area contributed by atoms with E-state index in [1.54, 1.807) is 6.92 Å². The summed E-state index contributed by atoms with van der Waals surface area (Å²) in [6.45, 7) is 1.56. The average molecular weight is 228 g/mol. The molecule has 0 atom stereocenters. The first kappa shape index (κ1) is 12.9. The van der Waals surface area contributed by atoms with Crippen LogP contribution < -0.4 is 0 Å². The number of ketones is 1. The number of Topliss-reactive ketones (excluding diaryl/α,β-unsaturated/α-hetero) is 1. The van der Waals surface area contributed by atoms with E-state index in [1.165, 1.54) is 0 Å². The van der Waals surface area contributed by atoms with E-state index >= 15 is 0 Å². The first-order valence-electron chi connectivity index (χ1n) is 4.20. The molecule has 0 heterocycles. The van der Waals surface area contributed by atoms with Crippen molar-refractivity contribution in [2.24, 2.45) is 0 Å². The van der Waals surface area contributed by atoms with Gasteiger partial charge in [-0.3, -0.25) is 0 Å². The van der Waals surface area contributed by atoms with Crippen molar-refractivity contribution in [3.8, 4) is 0 Å². The summed E-state index contributed by atoms with van der Waals surface area (Å²) in [5, 5.41) is 0. The Kier molecular flexibility index (Phi) is 6.73. The Labute approximate surface area is 95.0 Å². The van der Waals surface area contributed by atoms with E-state index in [4.69, 9.17) is 0 Å². The maximum atomic E-state index is 10.5. The molecule has 14 heavy (non-hydrogen) atoms. The van der Waals surface area contributed by atoms with Crippen molar-refractivity contribution in [1.82, 2.24) is 0 Å². The van der Waals surface area contributed by atoms with Crippen molar-refractivity contribution in [2.45, 2.75) is 6.92 Å². The predicted molar refractivity (Wildman–Crippen MR) is 54.1 cm³/mol. The molecule has 0 spiro atoms. The topological polar surface area (TPSA) is 17.1 Å². The van der Waals surface area contributed by atoms with Gasteiger partial charge in [0, 0.05) is 17.1 Å². The van der Waals surface area contributed by atoms with Crippen molar-refractivity contribution < 1.29 is 21.9 Å². The number of carbonyl (C=O) groups is 1. The fraction of sp³-hybridized carbons (Fsp3) is 0.0833. The molecule has 2 rings (SSSR count). The van der Waals surface area contributed by atoms with Crippen LogP contribution in [0, 0.1) is 0 Å². The summed E-state index contributed by atoms with van der Waals surface area (Å²) in [6.07, 6.45) is 0. The fourth-order valence-corrected chi connectivity index (χ4v) is 0.929. The van der Waals surface area contributed by atoms with Gasteiger partial charge in [-0.25, -0.2) is 24.3 Å². The molecule has 0 amide bonds. The van der Waals surface area contributed by atoms with Gasteiger partial charge in [0.05, 0.1) is 0 Å². The molecule has 76 valence electrons. The van der Waals surface area contributed by atoms with E-state index in [0.29, 0.717) is 0 Å². The molecule has 0 aromatic heterocycles. The van der Waals surface area contributed by atoms with E-state index in [0.717, 1.165) is 5.56 Å². The predicted octanol–water partition coefficient (Wildman–Crippen LogP) is 3.01. The molecule has 2 aromatic carbocycles. The number of hydrogen-bond acceptors (Lipinski definition) is 1. The van der Waals surface area contributed by atoms with Crippen molar-refractivity contribution in [2.75, 3.05) is 0 Å². The third kappa shape index (κ3) is 4.80. The molecule has 0 aliphatic carbocycles. The van der Waals surface area contributed by atoms with Gasteiger partial charge in [0.25, 0.3) is 0 Å². The zero-order valence-corrected chi connectivity index (χ0v) is 9.06. The second-order valence-corrected chi connectivity index (χ2v) is 2.69. The van der Waals surface area contributed by atoms with Crippen LogP contribution in [0.2, 0.25) is 0 Å². The van der Waals surface area contributed by atoms with Gasteiger partial charge in [-0.05, 0) is 6.92 Å². The summed E-state index contributed by atoms with van der Waals surface area (Å²) in [4.78, 5) is 10.5. The minimum atomic E-state index is 0. The van der Waals surface area contributed by atoms with Crippen molar-refractivity contribution in [3.63, 3.8) is 0 Å². The summed E-state index contributed by atoms with van der Waals surface area (Å²) in [6, 6.07) is 17.3. The summed E-state index contributed by atoms with van der Waals surface area (Å²) in [7, 11) is 0. The van der Waals surface area contributed by atoms with Crippen LogP contribution in [0.15, 0.2) is 54.6 Å². The first-order chi connectivity index (χ1) is 6.30. The molecule has 0 saturated heterocycles. The van der Waals surface area contributed by atoms with Crippen molar-refractivity contribution in [3.05, 3.63) is 60.2 Å².